The Labute approximate surface area is 226 Å². The Balaban J connectivity index is 1.70. The van der Waals surface area contributed by atoms with E-state index in [1.165, 1.54) is 6.08 Å². The quantitative estimate of drug-likeness (QED) is 0.126. The fourth-order valence-electron chi connectivity index (χ4n) is 3.42. The highest BCUT2D eigenvalue weighted by Crippen LogP contribution is 2.37. The fourth-order valence-corrected chi connectivity index (χ4v) is 3.69. The van der Waals surface area contributed by atoms with Crippen molar-refractivity contribution in [1.82, 2.24) is 5.16 Å². The lowest BCUT2D eigenvalue weighted by Crippen LogP contribution is -2.13. The Morgan fingerprint density at radius 3 is 2.61 bits per heavy atom. The first-order chi connectivity index (χ1) is 18.4. The topological polar surface area (TPSA) is 116 Å². The summed E-state index contributed by atoms with van der Waals surface area (Å²) in [5.74, 6) is 1.98. The van der Waals surface area contributed by atoms with Crippen molar-refractivity contribution in [3.63, 3.8) is 0 Å². The lowest BCUT2D eigenvalue weighted by atomic mass is 10.1. The Morgan fingerprint density at radius 1 is 1.16 bits per heavy atom. The van der Waals surface area contributed by atoms with Gasteiger partial charge < -0.3 is 28.8 Å². The van der Waals surface area contributed by atoms with Crippen LogP contribution in [0.15, 0.2) is 59.1 Å². The van der Waals surface area contributed by atoms with E-state index in [1.807, 2.05) is 37.3 Å². The van der Waals surface area contributed by atoms with Crippen LogP contribution in [0.2, 0.25) is 5.02 Å². The molecule has 0 unspecified atom stereocenters. The summed E-state index contributed by atoms with van der Waals surface area (Å²) in [6, 6.07) is 12.3. The normalized spacial score (nSPS) is 10.9. The van der Waals surface area contributed by atoms with E-state index in [1.54, 1.807) is 32.2 Å². The van der Waals surface area contributed by atoms with Crippen LogP contribution in [0.5, 0.6) is 23.0 Å². The molecule has 0 aliphatic rings. The zero-order chi connectivity index (χ0) is 27.5. The number of methoxy groups -OCH3 is 1. The highest BCUT2D eigenvalue weighted by Gasteiger charge is 2.16. The Hall–Kier alpha value is -4.42. The van der Waals surface area contributed by atoms with Crippen molar-refractivity contribution in [3.8, 4) is 29.1 Å². The maximum absolute atomic E-state index is 12.5. The molecule has 3 aromatic rings. The third-order valence-corrected chi connectivity index (χ3v) is 5.35. The molecule has 0 atom stereocenters. The molecule has 3 rings (SSSR count). The molecule has 2 aromatic carbocycles. The average molecular weight is 538 g/mol. The number of aromatic nitrogens is 1. The minimum absolute atomic E-state index is 0.153. The predicted octanol–water partition coefficient (Wildman–Crippen LogP) is 5.78. The third-order valence-electron chi connectivity index (χ3n) is 5.07. The number of carbonyl (C=O) groups is 1. The van der Waals surface area contributed by atoms with E-state index in [-0.39, 0.29) is 29.6 Å². The second kappa shape index (κ2) is 13.8. The monoisotopic (exact) mass is 537 g/mol. The van der Waals surface area contributed by atoms with Crippen LogP contribution in [-0.4, -0.2) is 38.0 Å². The highest BCUT2D eigenvalue weighted by molar-refractivity contribution is 6.32. The zero-order valence-electron chi connectivity index (χ0n) is 21.4. The molecule has 0 spiro atoms. The number of benzene rings is 2. The van der Waals surface area contributed by atoms with E-state index in [0.29, 0.717) is 40.9 Å². The minimum Gasteiger partial charge on any atom is -0.493 e. The van der Waals surface area contributed by atoms with Crippen LogP contribution in [0.4, 0.5) is 5.82 Å². The van der Waals surface area contributed by atoms with E-state index < -0.39 is 5.91 Å². The first-order valence-corrected chi connectivity index (χ1v) is 12.1. The van der Waals surface area contributed by atoms with Crippen LogP contribution in [0.3, 0.4) is 0 Å². The zero-order valence-corrected chi connectivity index (χ0v) is 22.1. The molecule has 0 saturated carbocycles. The molecule has 0 aliphatic carbocycles. The number of anilines is 1. The van der Waals surface area contributed by atoms with Crippen LogP contribution >= 0.6 is 11.6 Å². The minimum atomic E-state index is -0.639. The highest BCUT2D eigenvalue weighted by atomic mass is 35.5. The van der Waals surface area contributed by atoms with Gasteiger partial charge in [-0.05, 0) is 61.7 Å². The van der Waals surface area contributed by atoms with Crippen molar-refractivity contribution < 1.29 is 28.3 Å². The number of ether oxygens (including phenoxy) is 4. The number of allylic oxidation sites excluding steroid dienone is 1. The fraction of sp³-hybridized carbons (Fsp3) is 0.250. The first kappa shape index (κ1) is 28.2. The Morgan fingerprint density at radius 2 is 1.95 bits per heavy atom. The standard InChI is InChI=1S/C28H28ClN3O6/c1-5-7-19-8-9-23(24(15-19)34-4)36-10-11-37-27-22(29)14-20(16-25(27)35-6-2)13-21(17-30)28(33)31-26-12-18(3)38-32-26/h5,8-9,12-16H,1,6-7,10-11H2,2-4H3,(H,31,32,33). The van der Waals surface area contributed by atoms with Crippen LogP contribution in [0.25, 0.3) is 6.08 Å². The Bertz CT molecular complexity index is 1360. The molecule has 9 nitrogen and oxygen atoms in total. The largest absolute Gasteiger partial charge is 0.493 e. The molecule has 198 valence electrons. The SMILES string of the molecule is C=CCc1ccc(OCCOc2c(Cl)cc(C=C(C#N)C(=O)Nc3cc(C)on3)cc2OCC)c(OC)c1. The molecule has 0 bridgehead atoms. The lowest BCUT2D eigenvalue weighted by molar-refractivity contribution is -0.112. The number of hydrogen-bond acceptors (Lipinski definition) is 8. The molecule has 1 heterocycles. The van der Waals surface area contributed by atoms with Crippen LogP contribution in [-0.2, 0) is 11.2 Å². The van der Waals surface area contributed by atoms with Gasteiger partial charge in [-0.25, -0.2) is 0 Å². The number of nitriles is 1. The molecule has 38 heavy (non-hydrogen) atoms. The van der Waals surface area contributed by atoms with Crippen molar-refractivity contribution >= 4 is 29.4 Å². The number of nitrogens with zero attached hydrogens (tertiary/aromatic N) is 2. The molecule has 0 radical (unpaired) electrons. The molecule has 0 fully saturated rings. The molecule has 0 aliphatic heterocycles. The van der Waals surface area contributed by atoms with E-state index >= 15 is 0 Å². The summed E-state index contributed by atoms with van der Waals surface area (Å²) < 4.78 is 27.8. The first-order valence-electron chi connectivity index (χ1n) is 11.7. The van der Waals surface area contributed by atoms with Crippen molar-refractivity contribution in [2.75, 3.05) is 32.2 Å². The number of amides is 1. The lowest BCUT2D eigenvalue weighted by Gasteiger charge is -2.16. The van der Waals surface area contributed by atoms with Gasteiger partial charge in [-0.2, -0.15) is 5.26 Å². The summed E-state index contributed by atoms with van der Waals surface area (Å²) in [7, 11) is 1.58. The van der Waals surface area contributed by atoms with Crippen molar-refractivity contribution in [3.05, 3.63) is 76.5 Å². The number of rotatable bonds is 13. The van der Waals surface area contributed by atoms with E-state index in [4.69, 9.17) is 35.1 Å². The number of carbonyl (C=O) groups excluding carboxylic acids is 1. The average Bonchev–Trinajstić information content (AvgIpc) is 3.31. The summed E-state index contributed by atoms with van der Waals surface area (Å²) in [5.41, 5.74) is 1.39. The molecule has 1 N–H and O–H groups in total. The van der Waals surface area contributed by atoms with Gasteiger partial charge in [0.15, 0.2) is 28.8 Å². The van der Waals surface area contributed by atoms with Gasteiger partial charge >= 0.3 is 0 Å². The van der Waals surface area contributed by atoms with Crippen LogP contribution < -0.4 is 24.3 Å². The van der Waals surface area contributed by atoms with E-state index in [9.17, 15) is 10.1 Å². The molecular weight excluding hydrogens is 510 g/mol. The van der Waals surface area contributed by atoms with Gasteiger partial charge in [0.25, 0.3) is 5.91 Å². The molecular formula is C28H28ClN3O6. The molecule has 1 aromatic heterocycles. The summed E-state index contributed by atoms with van der Waals surface area (Å²) in [6.45, 7) is 8.01. The molecule has 10 heteroatoms. The number of nitrogens with one attached hydrogen (secondary N) is 1. The second-order valence-electron chi connectivity index (χ2n) is 7.88. The van der Waals surface area contributed by atoms with Gasteiger partial charge in [0.1, 0.15) is 30.6 Å². The maximum Gasteiger partial charge on any atom is 0.267 e. The van der Waals surface area contributed by atoms with Gasteiger partial charge in [-0.15, -0.1) is 6.58 Å². The van der Waals surface area contributed by atoms with Crippen molar-refractivity contribution in [2.45, 2.75) is 20.3 Å². The summed E-state index contributed by atoms with van der Waals surface area (Å²) in [5, 5.41) is 16.0. The summed E-state index contributed by atoms with van der Waals surface area (Å²) in [6.07, 6.45) is 3.94. The maximum atomic E-state index is 12.5. The van der Waals surface area contributed by atoms with Gasteiger partial charge in [-0.3, -0.25) is 4.79 Å². The Kier molecular flexibility index (Phi) is 10.2. The smallest absolute Gasteiger partial charge is 0.267 e. The number of halogens is 1. The summed E-state index contributed by atoms with van der Waals surface area (Å²) in [4.78, 5) is 12.5. The van der Waals surface area contributed by atoms with Crippen molar-refractivity contribution in [2.24, 2.45) is 0 Å². The van der Waals surface area contributed by atoms with E-state index in [0.717, 1.165) is 12.0 Å². The van der Waals surface area contributed by atoms with Crippen molar-refractivity contribution in [1.29, 1.82) is 5.26 Å². The number of hydrogen-bond donors (Lipinski definition) is 1. The second-order valence-corrected chi connectivity index (χ2v) is 8.29. The van der Waals surface area contributed by atoms with E-state index in [2.05, 4.69) is 17.1 Å². The van der Waals surface area contributed by atoms with Gasteiger partial charge in [0, 0.05) is 6.07 Å². The van der Waals surface area contributed by atoms with Crippen LogP contribution in [0, 0.1) is 18.3 Å². The number of aryl methyl sites for hydroxylation is 1. The molecule has 1 amide bonds. The van der Waals surface area contributed by atoms with Gasteiger partial charge in [0.05, 0.1) is 18.7 Å². The predicted molar refractivity (Wildman–Crippen MR) is 144 cm³/mol. The third kappa shape index (κ3) is 7.54. The van der Waals surface area contributed by atoms with Gasteiger partial charge in [-0.1, -0.05) is 28.9 Å². The molecule has 0 saturated heterocycles. The van der Waals surface area contributed by atoms with Gasteiger partial charge in [0.2, 0.25) is 0 Å². The summed E-state index contributed by atoms with van der Waals surface area (Å²) >= 11 is 6.49. The van der Waals surface area contributed by atoms with Crippen LogP contribution in [0.1, 0.15) is 23.8 Å².